The van der Waals surface area contributed by atoms with E-state index in [4.69, 9.17) is 11.6 Å². The number of nitrogens with zero attached hydrogens (tertiary/aromatic N) is 3. The van der Waals surface area contributed by atoms with Gasteiger partial charge in [0.1, 0.15) is 17.3 Å². The third-order valence-corrected chi connectivity index (χ3v) is 2.71. The lowest BCUT2D eigenvalue weighted by Crippen LogP contribution is -2.54. The zero-order valence-electron chi connectivity index (χ0n) is 8.94. The highest BCUT2D eigenvalue weighted by atomic mass is 35.5. The van der Waals surface area contributed by atoms with E-state index in [-0.39, 0.29) is 0 Å². The Morgan fingerprint density at radius 3 is 2.60 bits per heavy atom. The maximum Gasteiger partial charge on any atom is 0.134 e. The summed E-state index contributed by atoms with van der Waals surface area (Å²) >= 11 is 5.84. The molecule has 4 nitrogen and oxygen atoms in total. The molecular formula is C10H15ClN4. The van der Waals surface area contributed by atoms with Gasteiger partial charge in [-0.15, -0.1) is 0 Å². The Bertz CT molecular complexity index is 334. The molecule has 1 aromatic rings. The standard InChI is InChI=1S/C10H15ClN4/c1-7-4-15(5-8(2)14-7)10-3-9(11)12-6-13-10/h3,6-8,14H,4-5H2,1-2H3. The Hall–Kier alpha value is -0.870. The summed E-state index contributed by atoms with van der Waals surface area (Å²) in [4.78, 5) is 10.4. The van der Waals surface area contributed by atoms with Crippen LogP contribution in [0.4, 0.5) is 5.82 Å². The van der Waals surface area contributed by atoms with Gasteiger partial charge in [0.15, 0.2) is 0 Å². The first-order valence-electron chi connectivity index (χ1n) is 5.13. The van der Waals surface area contributed by atoms with Gasteiger partial charge in [0.25, 0.3) is 0 Å². The van der Waals surface area contributed by atoms with Crippen molar-refractivity contribution in [2.45, 2.75) is 25.9 Å². The normalized spacial score (nSPS) is 26.7. The first kappa shape index (κ1) is 10.6. The van der Waals surface area contributed by atoms with Crippen LogP contribution in [0.3, 0.4) is 0 Å². The van der Waals surface area contributed by atoms with Gasteiger partial charge in [-0.1, -0.05) is 11.6 Å². The molecule has 82 valence electrons. The number of aromatic nitrogens is 2. The minimum Gasteiger partial charge on any atom is -0.353 e. The average molecular weight is 227 g/mol. The monoisotopic (exact) mass is 226 g/mol. The van der Waals surface area contributed by atoms with Gasteiger partial charge >= 0.3 is 0 Å². The van der Waals surface area contributed by atoms with Crippen LogP contribution < -0.4 is 10.2 Å². The molecule has 0 bridgehead atoms. The Kier molecular flexibility index (Phi) is 3.07. The Labute approximate surface area is 94.7 Å². The van der Waals surface area contributed by atoms with Gasteiger partial charge in [-0.3, -0.25) is 0 Å². The highest BCUT2D eigenvalue weighted by Gasteiger charge is 2.21. The lowest BCUT2D eigenvalue weighted by molar-refractivity contribution is 0.405. The molecule has 0 spiro atoms. The zero-order valence-corrected chi connectivity index (χ0v) is 9.70. The molecule has 1 aliphatic heterocycles. The predicted octanol–water partition coefficient (Wildman–Crippen LogP) is 1.32. The summed E-state index contributed by atoms with van der Waals surface area (Å²) < 4.78 is 0. The van der Waals surface area contributed by atoms with Gasteiger partial charge in [-0.05, 0) is 13.8 Å². The molecule has 1 saturated heterocycles. The molecule has 2 atom stereocenters. The number of anilines is 1. The van der Waals surface area contributed by atoms with Crippen molar-refractivity contribution in [3.63, 3.8) is 0 Å². The molecule has 0 aromatic carbocycles. The highest BCUT2D eigenvalue weighted by Crippen LogP contribution is 2.17. The van der Waals surface area contributed by atoms with E-state index in [0.717, 1.165) is 18.9 Å². The number of hydrogen-bond acceptors (Lipinski definition) is 4. The van der Waals surface area contributed by atoms with Gasteiger partial charge in [0, 0.05) is 31.2 Å². The van der Waals surface area contributed by atoms with Crippen LogP contribution in [0.25, 0.3) is 0 Å². The zero-order chi connectivity index (χ0) is 10.8. The maximum absolute atomic E-state index is 5.84. The summed E-state index contributed by atoms with van der Waals surface area (Å²) in [6.07, 6.45) is 1.51. The molecule has 1 aromatic heterocycles. The smallest absolute Gasteiger partial charge is 0.134 e. The van der Waals surface area contributed by atoms with Crippen LogP contribution >= 0.6 is 11.6 Å². The molecule has 0 saturated carbocycles. The molecule has 0 amide bonds. The lowest BCUT2D eigenvalue weighted by Gasteiger charge is -2.36. The molecule has 0 aliphatic carbocycles. The molecule has 2 rings (SSSR count). The minimum absolute atomic E-state index is 0.475. The average Bonchev–Trinajstić information content (AvgIpc) is 2.16. The van der Waals surface area contributed by atoms with Gasteiger partial charge in [-0.25, -0.2) is 9.97 Å². The highest BCUT2D eigenvalue weighted by molar-refractivity contribution is 6.29. The third-order valence-electron chi connectivity index (χ3n) is 2.50. The molecule has 15 heavy (non-hydrogen) atoms. The van der Waals surface area contributed by atoms with Crippen molar-refractivity contribution in [1.29, 1.82) is 0 Å². The van der Waals surface area contributed by atoms with Crippen LogP contribution in [0.5, 0.6) is 0 Å². The number of nitrogens with one attached hydrogen (secondary N) is 1. The van der Waals surface area contributed by atoms with Gasteiger partial charge in [0.05, 0.1) is 0 Å². The maximum atomic E-state index is 5.84. The topological polar surface area (TPSA) is 41.1 Å². The van der Waals surface area contributed by atoms with E-state index in [1.165, 1.54) is 6.33 Å². The second kappa shape index (κ2) is 4.33. The Balaban J connectivity index is 2.16. The SMILES string of the molecule is CC1CN(c2cc(Cl)ncn2)CC(C)N1. The van der Waals surface area contributed by atoms with Gasteiger partial charge in [-0.2, -0.15) is 0 Å². The van der Waals surface area contributed by atoms with Crippen LogP contribution in [-0.4, -0.2) is 35.1 Å². The fraction of sp³-hybridized carbons (Fsp3) is 0.600. The van der Waals surface area contributed by atoms with E-state index in [0.29, 0.717) is 17.2 Å². The van der Waals surface area contributed by atoms with E-state index < -0.39 is 0 Å². The van der Waals surface area contributed by atoms with E-state index >= 15 is 0 Å². The quantitative estimate of drug-likeness (QED) is 0.734. The van der Waals surface area contributed by atoms with Gasteiger partial charge < -0.3 is 10.2 Å². The summed E-state index contributed by atoms with van der Waals surface area (Å²) in [7, 11) is 0. The fourth-order valence-corrected chi connectivity index (χ4v) is 2.15. The predicted molar refractivity (Wildman–Crippen MR) is 61.3 cm³/mol. The van der Waals surface area contributed by atoms with E-state index in [1.54, 1.807) is 0 Å². The summed E-state index contributed by atoms with van der Waals surface area (Å²) in [6.45, 7) is 6.26. The van der Waals surface area contributed by atoms with Crippen molar-refractivity contribution in [3.8, 4) is 0 Å². The molecular weight excluding hydrogens is 212 g/mol. The second-order valence-corrected chi connectivity index (χ2v) is 4.46. The Morgan fingerprint density at radius 1 is 1.33 bits per heavy atom. The lowest BCUT2D eigenvalue weighted by atomic mass is 10.1. The first-order valence-corrected chi connectivity index (χ1v) is 5.51. The second-order valence-electron chi connectivity index (χ2n) is 4.07. The molecule has 1 fully saturated rings. The molecule has 5 heteroatoms. The Morgan fingerprint density at radius 2 is 2.00 bits per heavy atom. The summed E-state index contributed by atoms with van der Waals surface area (Å²) in [5, 5.41) is 3.97. The van der Waals surface area contributed by atoms with Crippen molar-refractivity contribution in [1.82, 2.24) is 15.3 Å². The van der Waals surface area contributed by atoms with Gasteiger partial charge in [0.2, 0.25) is 0 Å². The molecule has 2 heterocycles. The van der Waals surface area contributed by atoms with Crippen molar-refractivity contribution < 1.29 is 0 Å². The number of piperazine rings is 1. The van der Waals surface area contributed by atoms with Crippen LogP contribution in [0.15, 0.2) is 12.4 Å². The van der Waals surface area contributed by atoms with E-state index in [9.17, 15) is 0 Å². The van der Waals surface area contributed by atoms with Crippen LogP contribution in [0.1, 0.15) is 13.8 Å². The largest absolute Gasteiger partial charge is 0.353 e. The van der Waals surface area contributed by atoms with Crippen molar-refractivity contribution in [2.24, 2.45) is 0 Å². The summed E-state index contributed by atoms with van der Waals surface area (Å²) in [5.41, 5.74) is 0. The number of rotatable bonds is 1. The number of hydrogen-bond donors (Lipinski definition) is 1. The molecule has 1 aliphatic rings. The van der Waals surface area contributed by atoms with Crippen LogP contribution in [-0.2, 0) is 0 Å². The van der Waals surface area contributed by atoms with E-state index in [2.05, 4.69) is 34.0 Å². The molecule has 1 N–H and O–H groups in total. The fourth-order valence-electron chi connectivity index (χ4n) is 2.01. The van der Waals surface area contributed by atoms with Crippen molar-refractivity contribution >= 4 is 17.4 Å². The first-order chi connectivity index (χ1) is 7.15. The minimum atomic E-state index is 0.475. The number of halogens is 1. The van der Waals surface area contributed by atoms with Crippen molar-refractivity contribution in [2.75, 3.05) is 18.0 Å². The summed E-state index contributed by atoms with van der Waals surface area (Å²) in [6, 6.07) is 2.76. The van der Waals surface area contributed by atoms with Crippen molar-refractivity contribution in [3.05, 3.63) is 17.5 Å². The van der Waals surface area contributed by atoms with Crippen LogP contribution in [0.2, 0.25) is 5.15 Å². The molecule has 0 radical (unpaired) electrons. The molecule has 2 unspecified atom stereocenters. The van der Waals surface area contributed by atoms with E-state index in [1.807, 2.05) is 6.07 Å². The third kappa shape index (κ3) is 2.58. The summed E-state index contributed by atoms with van der Waals surface area (Å²) in [5.74, 6) is 0.912. The van der Waals surface area contributed by atoms with Crippen LogP contribution in [0, 0.1) is 0 Å².